The lowest BCUT2D eigenvalue weighted by molar-refractivity contribution is 0.259. The van der Waals surface area contributed by atoms with E-state index < -0.39 is 0 Å². The fraction of sp³-hybridized carbons (Fsp3) is 0.769. The van der Waals surface area contributed by atoms with Crippen LogP contribution in [0.15, 0.2) is 11.6 Å². The second kappa shape index (κ2) is 4.46. The standard InChI is InChI=1S/C13H20N2S/c1-9(15-8-13-14-4-5-16-13)12-7-10-2-3-11(12)6-10/h4-5,9-12,15H,2-3,6-8H2,1H3. The number of aromatic nitrogens is 1. The predicted molar refractivity (Wildman–Crippen MR) is 67.4 cm³/mol. The Morgan fingerprint density at radius 1 is 1.50 bits per heavy atom. The summed E-state index contributed by atoms with van der Waals surface area (Å²) in [4.78, 5) is 4.32. The molecule has 2 aliphatic carbocycles. The Hall–Kier alpha value is -0.410. The van der Waals surface area contributed by atoms with Gasteiger partial charge in [-0.05, 0) is 43.9 Å². The van der Waals surface area contributed by atoms with Crippen LogP contribution in [0, 0.1) is 17.8 Å². The zero-order chi connectivity index (χ0) is 11.0. The van der Waals surface area contributed by atoms with Crippen molar-refractivity contribution < 1.29 is 0 Å². The average Bonchev–Trinajstić information content (AvgIpc) is 3.01. The van der Waals surface area contributed by atoms with Gasteiger partial charge in [-0.1, -0.05) is 6.42 Å². The highest BCUT2D eigenvalue weighted by atomic mass is 32.1. The molecule has 1 aromatic rings. The summed E-state index contributed by atoms with van der Waals surface area (Å²) in [5.41, 5.74) is 0. The molecule has 88 valence electrons. The summed E-state index contributed by atoms with van der Waals surface area (Å²) < 4.78 is 0. The highest BCUT2D eigenvalue weighted by molar-refractivity contribution is 7.09. The van der Waals surface area contributed by atoms with Crippen LogP contribution in [0.5, 0.6) is 0 Å². The third kappa shape index (κ3) is 2.03. The summed E-state index contributed by atoms with van der Waals surface area (Å²) in [6.07, 6.45) is 7.85. The first-order valence-electron chi connectivity index (χ1n) is 6.44. The van der Waals surface area contributed by atoms with Crippen LogP contribution in [0.1, 0.15) is 37.6 Å². The van der Waals surface area contributed by atoms with Crippen LogP contribution in [0.2, 0.25) is 0 Å². The fourth-order valence-electron chi connectivity index (χ4n) is 3.65. The number of fused-ring (bicyclic) bond motifs is 2. The minimum atomic E-state index is 0.666. The van der Waals surface area contributed by atoms with Gasteiger partial charge in [0.05, 0.1) is 0 Å². The van der Waals surface area contributed by atoms with Crippen LogP contribution in [-0.2, 0) is 6.54 Å². The first-order valence-corrected chi connectivity index (χ1v) is 7.32. The second-order valence-corrected chi connectivity index (χ2v) is 6.41. The van der Waals surface area contributed by atoms with Crippen molar-refractivity contribution in [3.8, 4) is 0 Å². The van der Waals surface area contributed by atoms with Crippen molar-refractivity contribution in [1.29, 1.82) is 0 Å². The van der Waals surface area contributed by atoms with Crippen LogP contribution in [0.25, 0.3) is 0 Å². The van der Waals surface area contributed by atoms with Crippen molar-refractivity contribution in [2.24, 2.45) is 17.8 Å². The third-order valence-electron chi connectivity index (χ3n) is 4.49. The molecule has 0 radical (unpaired) electrons. The molecule has 4 atom stereocenters. The molecule has 0 saturated heterocycles. The van der Waals surface area contributed by atoms with E-state index in [9.17, 15) is 0 Å². The summed E-state index contributed by atoms with van der Waals surface area (Å²) in [5.74, 6) is 3.00. The van der Waals surface area contributed by atoms with Gasteiger partial charge in [-0.2, -0.15) is 0 Å². The van der Waals surface area contributed by atoms with Crippen LogP contribution in [0.3, 0.4) is 0 Å². The van der Waals surface area contributed by atoms with E-state index in [0.717, 1.165) is 24.3 Å². The lowest BCUT2D eigenvalue weighted by Gasteiger charge is -2.28. The molecular formula is C13H20N2S. The molecule has 2 aliphatic rings. The van der Waals surface area contributed by atoms with Crippen LogP contribution >= 0.6 is 11.3 Å². The lowest BCUT2D eigenvalue weighted by atomic mass is 9.84. The fourth-order valence-corrected chi connectivity index (χ4v) is 4.21. The number of thiazole rings is 1. The molecule has 1 N–H and O–H groups in total. The van der Waals surface area contributed by atoms with Crippen molar-refractivity contribution >= 4 is 11.3 Å². The minimum Gasteiger partial charge on any atom is -0.308 e. The zero-order valence-corrected chi connectivity index (χ0v) is 10.7. The van der Waals surface area contributed by atoms with Crippen molar-refractivity contribution in [2.45, 2.75) is 45.2 Å². The molecule has 1 aromatic heterocycles. The highest BCUT2D eigenvalue weighted by Crippen LogP contribution is 2.49. The first kappa shape index (κ1) is 10.7. The topological polar surface area (TPSA) is 24.9 Å². The molecule has 2 bridgehead atoms. The number of hydrogen-bond acceptors (Lipinski definition) is 3. The number of nitrogens with zero attached hydrogens (tertiary/aromatic N) is 1. The molecule has 1 heterocycles. The summed E-state index contributed by atoms with van der Waals surface area (Å²) >= 11 is 1.75. The van der Waals surface area contributed by atoms with Crippen molar-refractivity contribution in [2.75, 3.05) is 0 Å². The Labute approximate surface area is 101 Å². The van der Waals surface area contributed by atoms with Gasteiger partial charge in [-0.15, -0.1) is 11.3 Å². The Morgan fingerprint density at radius 3 is 3.06 bits per heavy atom. The lowest BCUT2D eigenvalue weighted by Crippen LogP contribution is -2.35. The minimum absolute atomic E-state index is 0.666. The van der Waals surface area contributed by atoms with Crippen molar-refractivity contribution in [3.63, 3.8) is 0 Å². The Bertz CT molecular complexity index is 336. The molecule has 2 saturated carbocycles. The van der Waals surface area contributed by atoms with Gasteiger partial charge in [0.15, 0.2) is 0 Å². The van der Waals surface area contributed by atoms with Crippen LogP contribution < -0.4 is 5.32 Å². The van der Waals surface area contributed by atoms with E-state index in [1.807, 2.05) is 6.20 Å². The second-order valence-electron chi connectivity index (χ2n) is 5.43. The van der Waals surface area contributed by atoms with E-state index in [-0.39, 0.29) is 0 Å². The Kier molecular flexibility index (Phi) is 2.99. The van der Waals surface area contributed by atoms with Crippen molar-refractivity contribution in [3.05, 3.63) is 16.6 Å². The normalized spacial score (nSPS) is 34.4. The van der Waals surface area contributed by atoms with Gasteiger partial charge in [0.1, 0.15) is 5.01 Å². The third-order valence-corrected chi connectivity index (χ3v) is 5.27. The predicted octanol–water partition coefficient (Wildman–Crippen LogP) is 3.06. The molecule has 0 spiro atoms. The molecular weight excluding hydrogens is 216 g/mol. The summed E-state index contributed by atoms with van der Waals surface area (Å²) in [5, 5.41) is 6.93. The molecule has 0 aromatic carbocycles. The summed E-state index contributed by atoms with van der Waals surface area (Å²) in [6.45, 7) is 3.31. The van der Waals surface area contributed by atoms with Gasteiger partial charge in [0.25, 0.3) is 0 Å². The van der Waals surface area contributed by atoms with Gasteiger partial charge in [-0.3, -0.25) is 0 Å². The molecule has 2 fully saturated rings. The van der Waals surface area contributed by atoms with E-state index in [1.165, 1.54) is 30.7 Å². The molecule has 3 heteroatoms. The SMILES string of the molecule is CC(NCc1nccs1)C1CC2CCC1C2. The molecule has 3 rings (SSSR count). The maximum Gasteiger partial charge on any atom is 0.106 e. The van der Waals surface area contributed by atoms with Gasteiger partial charge in [0.2, 0.25) is 0 Å². The van der Waals surface area contributed by atoms with Gasteiger partial charge >= 0.3 is 0 Å². The number of rotatable bonds is 4. The first-order chi connectivity index (χ1) is 7.83. The van der Waals surface area contributed by atoms with E-state index in [1.54, 1.807) is 11.3 Å². The van der Waals surface area contributed by atoms with Crippen LogP contribution in [-0.4, -0.2) is 11.0 Å². The Balaban J connectivity index is 1.52. The average molecular weight is 236 g/mol. The quantitative estimate of drug-likeness (QED) is 0.869. The molecule has 16 heavy (non-hydrogen) atoms. The molecule has 0 aliphatic heterocycles. The van der Waals surface area contributed by atoms with Gasteiger partial charge in [0, 0.05) is 24.2 Å². The monoisotopic (exact) mass is 236 g/mol. The van der Waals surface area contributed by atoms with Crippen LogP contribution in [0.4, 0.5) is 0 Å². The van der Waals surface area contributed by atoms with Gasteiger partial charge in [-0.25, -0.2) is 4.98 Å². The summed E-state index contributed by atoms with van der Waals surface area (Å²) in [7, 11) is 0. The summed E-state index contributed by atoms with van der Waals surface area (Å²) in [6, 6.07) is 0.666. The largest absolute Gasteiger partial charge is 0.308 e. The van der Waals surface area contributed by atoms with E-state index in [2.05, 4.69) is 22.6 Å². The molecule has 2 nitrogen and oxygen atoms in total. The smallest absolute Gasteiger partial charge is 0.106 e. The van der Waals surface area contributed by atoms with E-state index >= 15 is 0 Å². The number of hydrogen-bond donors (Lipinski definition) is 1. The van der Waals surface area contributed by atoms with Gasteiger partial charge < -0.3 is 5.32 Å². The zero-order valence-electron chi connectivity index (χ0n) is 9.86. The van der Waals surface area contributed by atoms with E-state index in [4.69, 9.17) is 0 Å². The maximum absolute atomic E-state index is 4.32. The van der Waals surface area contributed by atoms with Crippen molar-refractivity contribution in [1.82, 2.24) is 10.3 Å². The Morgan fingerprint density at radius 2 is 2.44 bits per heavy atom. The van der Waals surface area contributed by atoms with E-state index in [0.29, 0.717) is 6.04 Å². The number of nitrogens with one attached hydrogen (secondary N) is 1. The highest BCUT2D eigenvalue weighted by Gasteiger charge is 2.41. The maximum atomic E-state index is 4.32. The molecule has 4 unspecified atom stereocenters. The molecule has 0 amide bonds.